The topological polar surface area (TPSA) is 108 Å². The van der Waals surface area contributed by atoms with Gasteiger partial charge in [-0.05, 0) is 24.6 Å². The van der Waals surface area contributed by atoms with Crippen LogP contribution in [0.15, 0.2) is 29.5 Å². The van der Waals surface area contributed by atoms with E-state index in [9.17, 15) is 14.4 Å². The Balaban J connectivity index is 2.40. The molecule has 0 radical (unpaired) electrons. The second-order valence-electron chi connectivity index (χ2n) is 6.61. The Hall–Kier alpha value is -2.87. The molecule has 3 N–H and O–H groups in total. The fourth-order valence-corrected chi connectivity index (χ4v) is 2.63. The highest BCUT2D eigenvalue weighted by Gasteiger charge is 2.34. The van der Waals surface area contributed by atoms with Crippen LogP contribution in [0, 0.1) is 12.8 Å². The van der Waals surface area contributed by atoms with Gasteiger partial charge >= 0.3 is 5.97 Å². The van der Waals surface area contributed by atoms with Gasteiger partial charge in [0.2, 0.25) is 5.91 Å². The first-order valence-electron chi connectivity index (χ1n) is 8.68. The van der Waals surface area contributed by atoms with Crippen LogP contribution in [0.25, 0.3) is 0 Å². The number of aryl methyl sites for hydroxylation is 1. The molecule has 1 aliphatic heterocycles. The van der Waals surface area contributed by atoms with Gasteiger partial charge < -0.3 is 25.4 Å². The van der Waals surface area contributed by atoms with Crippen molar-refractivity contribution in [1.29, 1.82) is 0 Å². The van der Waals surface area contributed by atoms with Crippen LogP contribution in [0.3, 0.4) is 0 Å². The maximum absolute atomic E-state index is 12.7. The smallest absolute Gasteiger partial charge is 0.337 e. The molecule has 146 valence electrons. The van der Waals surface area contributed by atoms with Gasteiger partial charge in [0, 0.05) is 12.5 Å². The minimum atomic E-state index is -0.619. The van der Waals surface area contributed by atoms with Gasteiger partial charge in [-0.25, -0.2) is 4.79 Å². The van der Waals surface area contributed by atoms with E-state index in [1.54, 1.807) is 26.0 Å². The molecule has 0 aromatic heterocycles. The molecule has 27 heavy (non-hydrogen) atoms. The Kier molecular flexibility index (Phi) is 6.57. The van der Waals surface area contributed by atoms with Crippen molar-refractivity contribution in [2.24, 2.45) is 5.92 Å². The SMILES string of the molecule is COC(=O)C1=C(Nc2cc(C)ccc2NC(=O)C(C)C)C(=O)N(CCO)C1. The first kappa shape index (κ1) is 20.4. The second kappa shape index (κ2) is 8.68. The summed E-state index contributed by atoms with van der Waals surface area (Å²) in [7, 11) is 1.24. The van der Waals surface area contributed by atoms with Gasteiger partial charge in [-0.3, -0.25) is 9.59 Å². The third kappa shape index (κ3) is 4.65. The summed E-state index contributed by atoms with van der Waals surface area (Å²) in [6, 6.07) is 5.35. The summed E-state index contributed by atoms with van der Waals surface area (Å²) in [5.41, 5.74) is 2.18. The molecule has 0 spiro atoms. The monoisotopic (exact) mass is 375 g/mol. The summed E-state index contributed by atoms with van der Waals surface area (Å²) >= 11 is 0. The normalized spacial score (nSPS) is 14.0. The number of hydrogen-bond donors (Lipinski definition) is 3. The van der Waals surface area contributed by atoms with Gasteiger partial charge in [-0.2, -0.15) is 0 Å². The highest BCUT2D eigenvalue weighted by molar-refractivity contribution is 6.09. The Bertz CT molecular complexity index is 786. The van der Waals surface area contributed by atoms with Gasteiger partial charge in [0.05, 0.1) is 37.2 Å². The third-order valence-corrected chi connectivity index (χ3v) is 4.17. The zero-order valence-corrected chi connectivity index (χ0v) is 16.0. The molecule has 1 aromatic carbocycles. The molecular formula is C19H25N3O5. The lowest BCUT2D eigenvalue weighted by atomic mass is 10.1. The summed E-state index contributed by atoms with van der Waals surface area (Å²) in [4.78, 5) is 38.2. The predicted octanol–water partition coefficient (Wildman–Crippen LogP) is 1.26. The molecule has 8 nitrogen and oxygen atoms in total. The van der Waals surface area contributed by atoms with Crippen LogP contribution >= 0.6 is 0 Å². The van der Waals surface area contributed by atoms with E-state index in [0.29, 0.717) is 11.4 Å². The number of methoxy groups -OCH3 is 1. The van der Waals surface area contributed by atoms with Crippen molar-refractivity contribution >= 4 is 29.2 Å². The number of aliphatic hydroxyl groups is 1. The molecule has 0 aliphatic carbocycles. The molecule has 0 fully saturated rings. The van der Waals surface area contributed by atoms with Crippen LogP contribution in [-0.4, -0.2) is 54.6 Å². The van der Waals surface area contributed by atoms with Crippen molar-refractivity contribution in [3.8, 4) is 0 Å². The fraction of sp³-hybridized carbons (Fsp3) is 0.421. The predicted molar refractivity (Wildman–Crippen MR) is 101 cm³/mol. The summed E-state index contributed by atoms with van der Waals surface area (Å²) in [6.07, 6.45) is 0. The number of nitrogens with one attached hydrogen (secondary N) is 2. The third-order valence-electron chi connectivity index (χ3n) is 4.17. The number of β-amino-alcohol motifs (C(OH)–C–C–N with tert-alkyl or cyclic N) is 1. The lowest BCUT2D eigenvalue weighted by molar-refractivity contribution is -0.136. The van der Waals surface area contributed by atoms with Gasteiger partial charge in [0.25, 0.3) is 5.91 Å². The Morgan fingerprint density at radius 2 is 2.00 bits per heavy atom. The van der Waals surface area contributed by atoms with E-state index in [-0.39, 0.29) is 42.8 Å². The van der Waals surface area contributed by atoms with Crippen LogP contribution in [0.2, 0.25) is 0 Å². The Morgan fingerprint density at radius 3 is 2.59 bits per heavy atom. The van der Waals surface area contributed by atoms with E-state index in [4.69, 9.17) is 9.84 Å². The van der Waals surface area contributed by atoms with Crippen molar-refractivity contribution in [3.05, 3.63) is 35.0 Å². The van der Waals surface area contributed by atoms with Crippen LogP contribution in [0.5, 0.6) is 0 Å². The molecule has 2 amide bonds. The van der Waals surface area contributed by atoms with Gasteiger partial charge in [-0.15, -0.1) is 0 Å². The van der Waals surface area contributed by atoms with E-state index in [0.717, 1.165) is 5.56 Å². The summed E-state index contributed by atoms with van der Waals surface area (Å²) in [5.74, 6) is -1.40. The first-order valence-corrected chi connectivity index (χ1v) is 8.68. The van der Waals surface area contributed by atoms with Gasteiger partial charge in [0.1, 0.15) is 5.70 Å². The van der Waals surface area contributed by atoms with Crippen LogP contribution < -0.4 is 10.6 Å². The lowest BCUT2D eigenvalue weighted by Crippen LogP contribution is -2.31. The molecule has 8 heteroatoms. The van der Waals surface area contributed by atoms with E-state index < -0.39 is 11.9 Å². The highest BCUT2D eigenvalue weighted by Crippen LogP contribution is 2.29. The number of amides is 2. The van der Waals surface area contributed by atoms with Gasteiger partial charge in [0.15, 0.2) is 0 Å². The number of hydrogen-bond acceptors (Lipinski definition) is 6. The number of esters is 1. The number of ether oxygens (including phenoxy) is 1. The minimum Gasteiger partial charge on any atom is -0.466 e. The summed E-state index contributed by atoms with van der Waals surface area (Å²) in [6.45, 7) is 5.38. The largest absolute Gasteiger partial charge is 0.466 e. The zero-order valence-electron chi connectivity index (χ0n) is 16.0. The minimum absolute atomic E-state index is 0.0495. The number of benzene rings is 1. The van der Waals surface area contributed by atoms with E-state index in [1.165, 1.54) is 12.0 Å². The fourth-order valence-electron chi connectivity index (χ4n) is 2.63. The number of rotatable bonds is 7. The van der Waals surface area contributed by atoms with Crippen LogP contribution in [-0.2, 0) is 19.1 Å². The highest BCUT2D eigenvalue weighted by atomic mass is 16.5. The number of carbonyl (C=O) groups is 3. The first-order chi connectivity index (χ1) is 12.8. The quantitative estimate of drug-likeness (QED) is 0.620. The summed E-state index contributed by atoms with van der Waals surface area (Å²) < 4.78 is 4.78. The molecule has 0 saturated carbocycles. The molecular weight excluding hydrogens is 350 g/mol. The lowest BCUT2D eigenvalue weighted by Gasteiger charge is -2.17. The number of anilines is 2. The van der Waals surface area contributed by atoms with Crippen LogP contribution in [0.4, 0.5) is 11.4 Å². The zero-order chi connectivity index (χ0) is 20.1. The Labute approximate surface area is 158 Å². The van der Waals surface area contributed by atoms with Crippen molar-refractivity contribution in [1.82, 2.24) is 4.90 Å². The number of aliphatic hydroxyl groups excluding tert-OH is 1. The molecule has 1 aromatic rings. The maximum atomic E-state index is 12.7. The van der Waals surface area contributed by atoms with Crippen molar-refractivity contribution in [2.45, 2.75) is 20.8 Å². The van der Waals surface area contributed by atoms with Crippen LogP contribution in [0.1, 0.15) is 19.4 Å². The van der Waals surface area contributed by atoms with E-state index in [2.05, 4.69) is 10.6 Å². The molecule has 0 bridgehead atoms. The molecule has 1 aliphatic rings. The molecule has 2 rings (SSSR count). The molecule has 1 heterocycles. The van der Waals surface area contributed by atoms with Gasteiger partial charge in [-0.1, -0.05) is 19.9 Å². The van der Waals surface area contributed by atoms with Crippen molar-refractivity contribution in [3.63, 3.8) is 0 Å². The Morgan fingerprint density at radius 1 is 1.30 bits per heavy atom. The molecule has 0 atom stereocenters. The van der Waals surface area contributed by atoms with Crippen molar-refractivity contribution in [2.75, 3.05) is 37.4 Å². The standard InChI is InChI=1S/C19H25N3O5/c1-11(2)17(24)21-14-6-5-12(3)9-15(14)20-16-13(19(26)27-4)10-22(7-8-23)18(16)25/h5-6,9,11,20,23H,7-8,10H2,1-4H3,(H,21,24). The van der Waals surface area contributed by atoms with E-state index in [1.807, 2.05) is 13.0 Å². The number of carbonyl (C=O) groups excluding carboxylic acids is 3. The van der Waals surface area contributed by atoms with Crippen molar-refractivity contribution < 1.29 is 24.2 Å². The maximum Gasteiger partial charge on any atom is 0.337 e. The number of nitrogens with zero attached hydrogens (tertiary/aromatic N) is 1. The molecule has 0 saturated heterocycles. The van der Waals surface area contributed by atoms with E-state index >= 15 is 0 Å². The average molecular weight is 375 g/mol. The average Bonchev–Trinajstić information content (AvgIpc) is 2.93. The summed E-state index contributed by atoms with van der Waals surface area (Å²) in [5, 5.41) is 14.9. The second-order valence-corrected chi connectivity index (χ2v) is 6.61. The molecule has 0 unspecified atom stereocenters.